The number of hydrogen-bond acceptors (Lipinski definition) is 4. The zero-order valence-corrected chi connectivity index (χ0v) is 13.9. The lowest BCUT2D eigenvalue weighted by molar-refractivity contribution is 0.187. The molecule has 2 rings (SSSR count). The minimum absolute atomic E-state index is 0.409. The fourth-order valence-electron chi connectivity index (χ4n) is 2.99. The molecule has 1 fully saturated rings. The Bertz CT molecular complexity index is 462. The summed E-state index contributed by atoms with van der Waals surface area (Å²) in [5.74, 6) is 0. The van der Waals surface area contributed by atoms with Crippen molar-refractivity contribution >= 4 is 7.60 Å². The van der Waals surface area contributed by atoms with Crippen LogP contribution in [-0.2, 0) is 20.0 Å². The highest BCUT2D eigenvalue weighted by Gasteiger charge is 2.51. The van der Waals surface area contributed by atoms with Crippen molar-refractivity contribution in [2.75, 3.05) is 19.8 Å². The number of benzene rings is 1. The highest BCUT2D eigenvalue weighted by Crippen LogP contribution is 2.63. The standard InChI is InChI=1S/C16H26NO3P/c1-3-19-21(18,20-4-2)16(12-8-14-17-16)13-11-15-9-6-5-7-10-15/h5-7,9-10,17H,3-4,8,11-14H2,1-2H3/t16-/m0/s1. The van der Waals surface area contributed by atoms with Gasteiger partial charge in [0.1, 0.15) is 5.28 Å². The molecule has 21 heavy (non-hydrogen) atoms. The van der Waals surface area contributed by atoms with Crippen LogP contribution in [0.15, 0.2) is 30.3 Å². The second-order valence-electron chi connectivity index (χ2n) is 5.38. The molecule has 1 N–H and O–H groups in total. The fraction of sp³-hybridized carbons (Fsp3) is 0.625. The second kappa shape index (κ2) is 7.55. The van der Waals surface area contributed by atoms with E-state index in [-0.39, 0.29) is 0 Å². The van der Waals surface area contributed by atoms with Gasteiger partial charge < -0.3 is 14.4 Å². The molecule has 1 aliphatic heterocycles. The van der Waals surface area contributed by atoms with Crippen LogP contribution in [0.4, 0.5) is 0 Å². The highest BCUT2D eigenvalue weighted by molar-refractivity contribution is 7.55. The van der Waals surface area contributed by atoms with Crippen molar-refractivity contribution in [1.82, 2.24) is 5.32 Å². The van der Waals surface area contributed by atoms with Crippen LogP contribution in [-0.4, -0.2) is 25.0 Å². The quantitative estimate of drug-likeness (QED) is 0.738. The third-order valence-corrected chi connectivity index (χ3v) is 6.86. The van der Waals surface area contributed by atoms with Crippen molar-refractivity contribution in [1.29, 1.82) is 0 Å². The maximum absolute atomic E-state index is 13.3. The van der Waals surface area contributed by atoms with Gasteiger partial charge in [0.05, 0.1) is 13.2 Å². The summed E-state index contributed by atoms with van der Waals surface area (Å²) in [6.45, 7) is 5.42. The summed E-state index contributed by atoms with van der Waals surface area (Å²) in [5.41, 5.74) is 1.25. The first-order valence-electron chi connectivity index (χ1n) is 7.84. The first kappa shape index (κ1) is 16.7. The molecule has 0 aromatic heterocycles. The molecular formula is C16H26NO3P. The lowest BCUT2D eigenvalue weighted by Crippen LogP contribution is -2.41. The third kappa shape index (κ3) is 3.75. The predicted octanol–water partition coefficient (Wildman–Crippen LogP) is 3.97. The molecule has 1 heterocycles. The Labute approximate surface area is 127 Å². The lowest BCUT2D eigenvalue weighted by Gasteiger charge is -2.36. The molecule has 118 valence electrons. The second-order valence-corrected chi connectivity index (χ2v) is 7.75. The topological polar surface area (TPSA) is 47.6 Å². The molecule has 0 radical (unpaired) electrons. The molecule has 1 saturated heterocycles. The summed E-state index contributed by atoms with van der Waals surface area (Å²) in [4.78, 5) is 0. The van der Waals surface area contributed by atoms with Gasteiger partial charge in [-0.1, -0.05) is 30.3 Å². The maximum Gasteiger partial charge on any atom is 0.350 e. The molecule has 1 aliphatic rings. The molecule has 0 bridgehead atoms. The van der Waals surface area contributed by atoms with Crippen LogP contribution in [0.2, 0.25) is 0 Å². The van der Waals surface area contributed by atoms with Gasteiger partial charge in [-0.25, -0.2) is 0 Å². The van der Waals surface area contributed by atoms with E-state index in [1.165, 1.54) is 5.56 Å². The van der Waals surface area contributed by atoms with Crippen LogP contribution in [0.5, 0.6) is 0 Å². The first-order valence-corrected chi connectivity index (χ1v) is 9.38. The van der Waals surface area contributed by atoms with Gasteiger partial charge in [-0.3, -0.25) is 4.57 Å². The molecule has 0 spiro atoms. The van der Waals surface area contributed by atoms with Crippen molar-refractivity contribution in [3.63, 3.8) is 0 Å². The van der Waals surface area contributed by atoms with E-state index in [1.807, 2.05) is 32.0 Å². The van der Waals surface area contributed by atoms with E-state index in [9.17, 15) is 4.57 Å². The Morgan fingerprint density at radius 2 is 1.86 bits per heavy atom. The summed E-state index contributed by atoms with van der Waals surface area (Å²) in [6.07, 6.45) is 3.50. The lowest BCUT2D eigenvalue weighted by atomic mass is 10.0. The van der Waals surface area contributed by atoms with Gasteiger partial charge in [0.2, 0.25) is 0 Å². The predicted molar refractivity (Wildman–Crippen MR) is 85.6 cm³/mol. The Morgan fingerprint density at radius 3 is 2.38 bits per heavy atom. The summed E-state index contributed by atoms with van der Waals surface area (Å²) < 4.78 is 24.5. The fourth-order valence-corrected chi connectivity index (χ4v) is 5.37. The maximum atomic E-state index is 13.3. The zero-order valence-electron chi connectivity index (χ0n) is 13.0. The Balaban J connectivity index is 2.17. The molecule has 1 aromatic carbocycles. The summed E-state index contributed by atoms with van der Waals surface area (Å²) in [5, 5.41) is 2.90. The number of nitrogens with one attached hydrogen (secondary N) is 1. The normalized spacial score (nSPS) is 22.6. The minimum atomic E-state index is -3.15. The summed E-state index contributed by atoms with van der Waals surface area (Å²) in [7, 11) is -3.15. The van der Waals surface area contributed by atoms with E-state index in [0.29, 0.717) is 13.2 Å². The van der Waals surface area contributed by atoms with Gasteiger partial charge in [-0.2, -0.15) is 0 Å². The van der Waals surface area contributed by atoms with E-state index in [2.05, 4.69) is 17.4 Å². The molecule has 1 atom stereocenters. The molecule has 1 aromatic rings. The smallest absolute Gasteiger partial charge is 0.308 e. The van der Waals surface area contributed by atoms with Crippen LogP contribution in [0.3, 0.4) is 0 Å². The van der Waals surface area contributed by atoms with E-state index in [4.69, 9.17) is 9.05 Å². The number of hydrogen-bond donors (Lipinski definition) is 1. The molecule has 0 amide bonds. The van der Waals surface area contributed by atoms with E-state index < -0.39 is 12.9 Å². The van der Waals surface area contributed by atoms with Gasteiger partial charge in [0, 0.05) is 0 Å². The average Bonchev–Trinajstić information content (AvgIpc) is 2.97. The highest BCUT2D eigenvalue weighted by atomic mass is 31.2. The number of aryl methyl sites for hydroxylation is 1. The van der Waals surface area contributed by atoms with Crippen LogP contribution in [0, 0.1) is 0 Å². The molecule has 4 nitrogen and oxygen atoms in total. The Morgan fingerprint density at radius 1 is 1.19 bits per heavy atom. The summed E-state index contributed by atoms with van der Waals surface area (Å²) in [6, 6.07) is 10.3. The van der Waals surface area contributed by atoms with Crippen LogP contribution < -0.4 is 5.32 Å². The minimum Gasteiger partial charge on any atom is -0.308 e. The van der Waals surface area contributed by atoms with E-state index in [1.54, 1.807) is 0 Å². The SMILES string of the molecule is CCOP(=O)(OCC)[C@]1(CCc2ccccc2)CCCN1. The average molecular weight is 311 g/mol. The zero-order chi connectivity index (χ0) is 15.2. The van der Waals surface area contributed by atoms with Gasteiger partial charge in [0.25, 0.3) is 0 Å². The van der Waals surface area contributed by atoms with Gasteiger partial charge in [0.15, 0.2) is 0 Å². The van der Waals surface area contributed by atoms with Crippen molar-refractivity contribution < 1.29 is 13.6 Å². The Hall–Kier alpha value is -0.670. The molecular weight excluding hydrogens is 285 g/mol. The number of rotatable bonds is 8. The van der Waals surface area contributed by atoms with Crippen molar-refractivity contribution in [3.8, 4) is 0 Å². The third-order valence-electron chi connectivity index (χ3n) is 4.01. The van der Waals surface area contributed by atoms with E-state index in [0.717, 1.165) is 32.2 Å². The van der Waals surface area contributed by atoms with Gasteiger partial charge in [-0.15, -0.1) is 0 Å². The molecule has 0 unspecified atom stereocenters. The van der Waals surface area contributed by atoms with Crippen molar-refractivity contribution in [3.05, 3.63) is 35.9 Å². The van der Waals surface area contributed by atoms with Crippen LogP contribution >= 0.6 is 7.60 Å². The van der Waals surface area contributed by atoms with Crippen molar-refractivity contribution in [2.45, 2.75) is 44.8 Å². The van der Waals surface area contributed by atoms with Crippen molar-refractivity contribution in [2.24, 2.45) is 0 Å². The van der Waals surface area contributed by atoms with Gasteiger partial charge >= 0.3 is 7.60 Å². The molecule has 5 heteroatoms. The first-order chi connectivity index (χ1) is 10.2. The Kier molecular flexibility index (Phi) is 6.00. The van der Waals surface area contributed by atoms with E-state index >= 15 is 0 Å². The summed E-state index contributed by atoms with van der Waals surface area (Å²) >= 11 is 0. The van der Waals surface area contributed by atoms with Crippen LogP contribution in [0.25, 0.3) is 0 Å². The van der Waals surface area contributed by atoms with Gasteiger partial charge in [-0.05, 0) is 51.6 Å². The van der Waals surface area contributed by atoms with Crippen LogP contribution in [0.1, 0.15) is 38.7 Å². The monoisotopic (exact) mass is 311 g/mol. The molecule has 0 aliphatic carbocycles. The largest absolute Gasteiger partial charge is 0.350 e. The molecule has 0 saturated carbocycles.